The average molecular weight is 366 g/mol. The average Bonchev–Trinajstić information content (AvgIpc) is 2.49. The van der Waals surface area contributed by atoms with Gasteiger partial charge in [0.15, 0.2) is 5.75 Å². The fourth-order valence-corrected chi connectivity index (χ4v) is 2.95. The maximum atomic E-state index is 11.0. The van der Waals surface area contributed by atoms with E-state index in [4.69, 9.17) is 0 Å². The highest BCUT2D eigenvalue weighted by molar-refractivity contribution is 5.85. The Balaban J connectivity index is 0.00000242. The molecule has 1 fully saturated rings. The molecular formula is C15H25Cl2N3O3. The third-order valence-corrected chi connectivity index (χ3v) is 4.27. The molecule has 132 valence electrons. The number of nitro groups is 1. The molecule has 0 saturated carbocycles. The van der Waals surface area contributed by atoms with E-state index in [0.717, 1.165) is 38.2 Å². The Hall–Kier alpha value is -1.08. The summed E-state index contributed by atoms with van der Waals surface area (Å²) in [4.78, 5) is 12.9. The van der Waals surface area contributed by atoms with E-state index in [9.17, 15) is 15.2 Å². The van der Waals surface area contributed by atoms with Crippen LogP contribution in [0.5, 0.6) is 5.75 Å². The second-order valence-corrected chi connectivity index (χ2v) is 5.62. The maximum Gasteiger partial charge on any atom is 0.311 e. The molecule has 8 heteroatoms. The fourth-order valence-electron chi connectivity index (χ4n) is 2.95. The number of aromatic hydroxyl groups is 1. The number of rotatable bonds is 5. The van der Waals surface area contributed by atoms with Gasteiger partial charge in [0.2, 0.25) is 0 Å². The quantitative estimate of drug-likeness (QED) is 0.618. The molecule has 2 rings (SSSR count). The van der Waals surface area contributed by atoms with Crippen LogP contribution in [0, 0.1) is 16.0 Å². The SMILES string of the molecule is CCC(C)[C@H](c1ccc(O)c([N+](=O)[O-])c1)N1CCNCC1.Cl.Cl. The second-order valence-electron chi connectivity index (χ2n) is 5.62. The number of halogens is 2. The van der Waals surface area contributed by atoms with Crippen molar-refractivity contribution in [1.82, 2.24) is 10.2 Å². The molecular weight excluding hydrogens is 341 g/mol. The summed E-state index contributed by atoms with van der Waals surface area (Å²) in [7, 11) is 0. The zero-order valence-corrected chi connectivity index (χ0v) is 15.0. The van der Waals surface area contributed by atoms with E-state index >= 15 is 0 Å². The highest BCUT2D eigenvalue weighted by atomic mass is 35.5. The van der Waals surface area contributed by atoms with Gasteiger partial charge in [-0.25, -0.2) is 0 Å². The summed E-state index contributed by atoms with van der Waals surface area (Å²) in [5.74, 6) is 0.124. The molecule has 2 atom stereocenters. The van der Waals surface area contributed by atoms with E-state index in [1.54, 1.807) is 6.07 Å². The van der Waals surface area contributed by atoms with Crippen molar-refractivity contribution in [2.24, 2.45) is 5.92 Å². The number of nitrogens with zero attached hydrogens (tertiary/aromatic N) is 2. The predicted octanol–water partition coefficient (Wildman–Crippen LogP) is 3.14. The maximum absolute atomic E-state index is 11.0. The fraction of sp³-hybridized carbons (Fsp3) is 0.600. The molecule has 1 heterocycles. The van der Waals surface area contributed by atoms with E-state index in [2.05, 4.69) is 24.1 Å². The molecule has 1 saturated heterocycles. The number of phenolic OH excluding ortho intramolecular Hbond substituents is 1. The van der Waals surface area contributed by atoms with E-state index in [0.29, 0.717) is 5.92 Å². The minimum absolute atomic E-state index is 0. The smallest absolute Gasteiger partial charge is 0.311 e. The van der Waals surface area contributed by atoms with Crippen molar-refractivity contribution in [1.29, 1.82) is 0 Å². The van der Waals surface area contributed by atoms with Crippen LogP contribution in [0.4, 0.5) is 5.69 Å². The Kier molecular flexibility index (Phi) is 9.46. The van der Waals surface area contributed by atoms with Gasteiger partial charge in [0.25, 0.3) is 0 Å². The zero-order valence-electron chi connectivity index (χ0n) is 13.4. The zero-order chi connectivity index (χ0) is 15.4. The highest BCUT2D eigenvalue weighted by Crippen LogP contribution is 2.35. The predicted molar refractivity (Wildman–Crippen MR) is 95.9 cm³/mol. The van der Waals surface area contributed by atoms with Crippen molar-refractivity contribution in [2.45, 2.75) is 26.3 Å². The van der Waals surface area contributed by atoms with Crippen LogP contribution in [0.2, 0.25) is 0 Å². The molecule has 0 bridgehead atoms. The summed E-state index contributed by atoms with van der Waals surface area (Å²) in [6.45, 7) is 8.05. The van der Waals surface area contributed by atoms with Gasteiger partial charge < -0.3 is 10.4 Å². The Morgan fingerprint density at radius 1 is 1.35 bits per heavy atom. The van der Waals surface area contributed by atoms with Crippen molar-refractivity contribution in [3.05, 3.63) is 33.9 Å². The van der Waals surface area contributed by atoms with Crippen LogP contribution in [0.1, 0.15) is 31.9 Å². The number of benzene rings is 1. The van der Waals surface area contributed by atoms with E-state index < -0.39 is 4.92 Å². The highest BCUT2D eigenvalue weighted by Gasteiger charge is 2.28. The van der Waals surface area contributed by atoms with Gasteiger partial charge in [-0.2, -0.15) is 0 Å². The Bertz CT molecular complexity index is 511. The van der Waals surface area contributed by atoms with Gasteiger partial charge in [0.1, 0.15) is 0 Å². The number of nitro benzene ring substituents is 1. The lowest BCUT2D eigenvalue weighted by Gasteiger charge is -2.38. The molecule has 1 aliphatic rings. The molecule has 0 amide bonds. The van der Waals surface area contributed by atoms with Crippen LogP contribution in [0.3, 0.4) is 0 Å². The standard InChI is InChI=1S/C15H23N3O3.2ClH/c1-3-11(2)15(17-8-6-16-7-9-17)12-4-5-14(19)13(10-12)18(20)21;;/h4-5,10-11,15-16,19H,3,6-9H2,1-2H3;2*1H/t11?,15-;;/m1../s1. The topological polar surface area (TPSA) is 78.6 Å². The van der Waals surface area contributed by atoms with Gasteiger partial charge in [-0.15, -0.1) is 24.8 Å². The second kappa shape index (κ2) is 9.93. The van der Waals surface area contributed by atoms with Crippen LogP contribution < -0.4 is 5.32 Å². The third kappa shape index (κ3) is 5.21. The van der Waals surface area contributed by atoms with E-state index in [1.807, 2.05) is 0 Å². The summed E-state index contributed by atoms with van der Waals surface area (Å²) in [6.07, 6.45) is 1.00. The lowest BCUT2D eigenvalue weighted by molar-refractivity contribution is -0.386. The Labute approximate surface area is 149 Å². The molecule has 1 aromatic carbocycles. The van der Waals surface area contributed by atoms with Crippen molar-refractivity contribution < 1.29 is 10.0 Å². The van der Waals surface area contributed by atoms with Crippen LogP contribution in [-0.4, -0.2) is 41.1 Å². The summed E-state index contributed by atoms with van der Waals surface area (Å²) in [6, 6.07) is 4.91. The summed E-state index contributed by atoms with van der Waals surface area (Å²) in [5.41, 5.74) is 0.701. The van der Waals surface area contributed by atoms with Gasteiger partial charge in [0, 0.05) is 38.3 Å². The first-order valence-corrected chi connectivity index (χ1v) is 7.46. The molecule has 0 aromatic heterocycles. The van der Waals surface area contributed by atoms with Crippen LogP contribution in [0.25, 0.3) is 0 Å². The molecule has 1 aliphatic heterocycles. The lowest BCUT2D eigenvalue weighted by atomic mass is 9.90. The molecule has 23 heavy (non-hydrogen) atoms. The van der Waals surface area contributed by atoms with Crippen LogP contribution in [-0.2, 0) is 0 Å². The first-order chi connectivity index (χ1) is 10.0. The number of phenols is 1. The first kappa shape index (κ1) is 21.9. The van der Waals surface area contributed by atoms with E-state index in [1.165, 1.54) is 12.1 Å². The Morgan fingerprint density at radius 2 is 1.96 bits per heavy atom. The van der Waals surface area contributed by atoms with Crippen molar-refractivity contribution in [3.63, 3.8) is 0 Å². The lowest BCUT2D eigenvalue weighted by Crippen LogP contribution is -2.46. The van der Waals surface area contributed by atoms with Gasteiger partial charge in [-0.1, -0.05) is 26.3 Å². The van der Waals surface area contributed by atoms with E-state index in [-0.39, 0.29) is 42.3 Å². The van der Waals surface area contributed by atoms with Crippen molar-refractivity contribution in [3.8, 4) is 5.75 Å². The number of hydrogen-bond acceptors (Lipinski definition) is 5. The molecule has 6 nitrogen and oxygen atoms in total. The third-order valence-electron chi connectivity index (χ3n) is 4.27. The number of hydrogen-bond donors (Lipinski definition) is 2. The monoisotopic (exact) mass is 365 g/mol. The molecule has 0 radical (unpaired) electrons. The summed E-state index contributed by atoms with van der Waals surface area (Å²) < 4.78 is 0. The molecule has 1 unspecified atom stereocenters. The molecule has 2 N–H and O–H groups in total. The Morgan fingerprint density at radius 3 is 2.48 bits per heavy atom. The minimum Gasteiger partial charge on any atom is -0.502 e. The van der Waals surface area contributed by atoms with Gasteiger partial charge in [-0.05, 0) is 17.5 Å². The largest absolute Gasteiger partial charge is 0.502 e. The summed E-state index contributed by atoms with van der Waals surface area (Å²) >= 11 is 0. The minimum atomic E-state index is -0.524. The van der Waals surface area contributed by atoms with Gasteiger partial charge in [0.05, 0.1) is 4.92 Å². The molecule has 0 aliphatic carbocycles. The normalized spacial score (nSPS) is 17.5. The molecule has 1 aromatic rings. The number of piperazine rings is 1. The van der Waals surface area contributed by atoms with Gasteiger partial charge >= 0.3 is 5.69 Å². The van der Waals surface area contributed by atoms with Crippen molar-refractivity contribution in [2.75, 3.05) is 26.2 Å². The molecule has 0 spiro atoms. The number of nitrogens with one attached hydrogen (secondary N) is 1. The first-order valence-electron chi connectivity index (χ1n) is 7.46. The van der Waals surface area contributed by atoms with Crippen LogP contribution >= 0.6 is 24.8 Å². The van der Waals surface area contributed by atoms with Gasteiger partial charge in [-0.3, -0.25) is 15.0 Å². The summed E-state index contributed by atoms with van der Waals surface area (Å²) in [5, 5.41) is 24.0. The van der Waals surface area contributed by atoms with Crippen molar-refractivity contribution >= 4 is 30.5 Å². The van der Waals surface area contributed by atoms with Crippen LogP contribution in [0.15, 0.2) is 18.2 Å².